The molecule has 14 nitrogen and oxygen atoms in total. The number of piperidine rings is 1. The number of nitrogens with zero attached hydrogens (tertiary/aromatic N) is 9. The zero-order valence-electron chi connectivity index (χ0n) is 34.7. The molecule has 312 valence electrons. The second-order valence-electron chi connectivity index (χ2n) is 16.9. The number of aromatic nitrogens is 4. The van der Waals surface area contributed by atoms with E-state index in [1.165, 1.54) is 16.9 Å². The summed E-state index contributed by atoms with van der Waals surface area (Å²) in [5.74, 6) is 0.534. The number of pyridine rings is 1. The normalized spacial score (nSPS) is 19.2. The van der Waals surface area contributed by atoms with Crippen molar-refractivity contribution in [1.82, 2.24) is 34.6 Å². The smallest absolute Gasteiger partial charge is 0.270 e. The molecule has 0 spiro atoms. The summed E-state index contributed by atoms with van der Waals surface area (Å²) in [6.07, 6.45) is 10.0. The molecule has 2 aromatic carbocycles. The van der Waals surface area contributed by atoms with Crippen LogP contribution in [0.25, 0.3) is 11.0 Å². The minimum atomic E-state index is -0.240. The summed E-state index contributed by atoms with van der Waals surface area (Å²) in [7, 11) is 3.58. The SMILES string of the molecule is CN(C)C(=O)c1cc2cnc(Nc3ccc(N4CCN(c5ccc(N6CCN(CCc7cccc(C8CCC(=O)NC8=O)c7)CC6)cc5)CC4)cn3)nc2n1C1CCCC1. The highest BCUT2D eigenvalue weighted by molar-refractivity contribution is 6.01. The molecule has 14 heteroatoms. The summed E-state index contributed by atoms with van der Waals surface area (Å²) in [5, 5.41) is 6.65. The summed E-state index contributed by atoms with van der Waals surface area (Å²) >= 11 is 0. The van der Waals surface area contributed by atoms with Gasteiger partial charge in [0, 0.05) is 108 Å². The highest BCUT2D eigenvalue weighted by Crippen LogP contribution is 2.35. The van der Waals surface area contributed by atoms with E-state index in [0.29, 0.717) is 30.3 Å². The summed E-state index contributed by atoms with van der Waals surface area (Å²) in [6.45, 7) is 8.68. The first-order valence-electron chi connectivity index (χ1n) is 21.6. The third-order valence-corrected chi connectivity index (χ3v) is 12.8. The minimum Gasteiger partial charge on any atom is -0.369 e. The number of anilines is 5. The maximum absolute atomic E-state index is 13.1. The number of piperazine rings is 2. The number of rotatable bonds is 11. The topological polar surface area (TPSA) is 135 Å². The van der Waals surface area contributed by atoms with Crippen molar-refractivity contribution in [2.24, 2.45) is 0 Å². The van der Waals surface area contributed by atoms with Gasteiger partial charge < -0.3 is 29.5 Å². The van der Waals surface area contributed by atoms with Gasteiger partial charge in [-0.15, -0.1) is 0 Å². The molecule has 60 heavy (non-hydrogen) atoms. The van der Waals surface area contributed by atoms with E-state index in [1.54, 1.807) is 25.2 Å². The molecule has 1 saturated carbocycles. The number of benzene rings is 2. The predicted octanol–water partition coefficient (Wildman–Crippen LogP) is 5.60. The Hall–Kier alpha value is -6.02. The Balaban J connectivity index is 0.742. The van der Waals surface area contributed by atoms with Crippen molar-refractivity contribution in [2.75, 3.05) is 93.0 Å². The van der Waals surface area contributed by atoms with E-state index in [0.717, 1.165) is 113 Å². The van der Waals surface area contributed by atoms with Crippen molar-refractivity contribution in [1.29, 1.82) is 0 Å². The molecule has 2 N–H and O–H groups in total. The van der Waals surface area contributed by atoms with E-state index in [-0.39, 0.29) is 29.7 Å². The second-order valence-corrected chi connectivity index (χ2v) is 16.9. The molecule has 1 aliphatic carbocycles. The molecule has 3 aliphatic heterocycles. The molecule has 0 bridgehead atoms. The Morgan fingerprint density at radius 1 is 0.783 bits per heavy atom. The Labute approximate surface area is 351 Å². The maximum Gasteiger partial charge on any atom is 0.270 e. The Morgan fingerprint density at radius 2 is 1.45 bits per heavy atom. The first-order valence-corrected chi connectivity index (χ1v) is 21.6. The van der Waals surface area contributed by atoms with Gasteiger partial charge in [0.05, 0.1) is 17.8 Å². The van der Waals surface area contributed by atoms with Crippen molar-refractivity contribution >= 4 is 57.6 Å². The molecule has 6 heterocycles. The van der Waals surface area contributed by atoms with Crippen LogP contribution < -0.4 is 25.3 Å². The number of carbonyl (C=O) groups excluding carboxylic acids is 3. The largest absolute Gasteiger partial charge is 0.369 e. The number of carbonyl (C=O) groups is 3. The number of nitrogens with one attached hydrogen (secondary N) is 2. The van der Waals surface area contributed by atoms with Gasteiger partial charge in [0.1, 0.15) is 17.2 Å². The summed E-state index contributed by atoms with van der Waals surface area (Å²) in [6, 6.07) is 23.7. The minimum absolute atomic E-state index is 0.0189. The molecule has 3 amide bonds. The first kappa shape index (κ1) is 39.4. The average Bonchev–Trinajstić information content (AvgIpc) is 3.94. The van der Waals surface area contributed by atoms with E-state index in [2.05, 4.69) is 82.2 Å². The number of imide groups is 1. The monoisotopic (exact) mass is 809 g/mol. The lowest BCUT2D eigenvalue weighted by Gasteiger charge is -2.38. The molecule has 3 aromatic heterocycles. The van der Waals surface area contributed by atoms with Gasteiger partial charge in [0.2, 0.25) is 17.8 Å². The molecule has 4 fully saturated rings. The average molecular weight is 810 g/mol. The van der Waals surface area contributed by atoms with Crippen molar-refractivity contribution in [2.45, 2.75) is 56.9 Å². The van der Waals surface area contributed by atoms with Gasteiger partial charge in [-0.2, -0.15) is 4.98 Å². The van der Waals surface area contributed by atoms with Crippen LogP contribution in [0.5, 0.6) is 0 Å². The van der Waals surface area contributed by atoms with Gasteiger partial charge in [-0.25, -0.2) is 9.97 Å². The number of hydrogen-bond acceptors (Lipinski definition) is 11. The van der Waals surface area contributed by atoms with E-state index in [1.807, 2.05) is 30.5 Å². The van der Waals surface area contributed by atoms with Gasteiger partial charge in [0.25, 0.3) is 5.91 Å². The van der Waals surface area contributed by atoms with Crippen LogP contribution in [0.1, 0.15) is 72.1 Å². The zero-order valence-corrected chi connectivity index (χ0v) is 34.7. The van der Waals surface area contributed by atoms with Gasteiger partial charge in [-0.05, 0) is 79.3 Å². The molecule has 5 aromatic rings. The summed E-state index contributed by atoms with van der Waals surface area (Å²) in [5.41, 5.74) is 7.31. The van der Waals surface area contributed by atoms with Crippen LogP contribution >= 0.6 is 0 Å². The fourth-order valence-corrected chi connectivity index (χ4v) is 9.35. The molecule has 1 atom stereocenters. The number of amides is 3. The Bertz CT molecular complexity index is 2320. The number of hydrogen-bond donors (Lipinski definition) is 2. The standard InChI is InChI=1S/C46H55N11O3/c1-52(2)45(60)40-29-34-30-48-46(51-43(34)57(40)37-8-3-4-9-37)49-41-16-14-38(31-47-41)56-26-24-55(25-27-56)36-12-10-35(11-13-36)54-22-20-53(21-23-54)19-18-32-6-5-7-33(28-32)39-15-17-42(58)50-44(39)59/h5-7,10-14,16,28-31,37,39H,3-4,8-9,15,17-27H2,1-2H3,(H,50,58,59)(H,47,48,49,51). The molecular formula is C46H55N11O3. The van der Waals surface area contributed by atoms with E-state index < -0.39 is 0 Å². The lowest BCUT2D eigenvalue weighted by Crippen LogP contribution is -2.47. The van der Waals surface area contributed by atoms with Gasteiger partial charge in [-0.1, -0.05) is 37.1 Å². The Kier molecular flexibility index (Phi) is 11.4. The van der Waals surface area contributed by atoms with Crippen LogP contribution in [0.4, 0.5) is 28.8 Å². The van der Waals surface area contributed by atoms with E-state index in [9.17, 15) is 14.4 Å². The predicted molar refractivity (Wildman–Crippen MR) is 235 cm³/mol. The fraction of sp³-hybridized carbons (Fsp3) is 0.435. The lowest BCUT2D eigenvalue weighted by atomic mass is 9.89. The van der Waals surface area contributed by atoms with E-state index in [4.69, 9.17) is 9.97 Å². The van der Waals surface area contributed by atoms with Crippen molar-refractivity contribution in [3.8, 4) is 0 Å². The molecule has 3 saturated heterocycles. The maximum atomic E-state index is 13.1. The van der Waals surface area contributed by atoms with Gasteiger partial charge >= 0.3 is 0 Å². The fourth-order valence-electron chi connectivity index (χ4n) is 9.35. The van der Waals surface area contributed by atoms with Crippen LogP contribution in [-0.2, 0) is 16.0 Å². The summed E-state index contributed by atoms with van der Waals surface area (Å²) in [4.78, 5) is 62.7. The molecule has 9 rings (SSSR count). The third kappa shape index (κ3) is 8.51. The highest BCUT2D eigenvalue weighted by Gasteiger charge is 2.29. The second kappa shape index (κ2) is 17.3. The third-order valence-electron chi connectivity index (χ3n) is 12.8. The van der Waals surface area contributed by atoms with Crippen LogP contribution in [0.2, 0.25) is 0 Å². The highest BCUT2D eigenvalue weighted by atomic mass is 16.2. The van der Waals surface area contributed by atoms with Gasteiger partial charge in [0.15, 0.2) is 0 Å². The Morgan fingerprint density at radius 3 is 2.10 bits per heavy atom. The van der Waals surface area contributed by atoms with Crippen molar-refractivity contribution in [3.05, 3.63) is 95.9 Å². The van der Waals surface area contributed by atoms with Crippen LogP contribution in [0.15, 0.2) is 79.1 Å². The number of fused-ring (bicyclic) bond motifs is 1. The van der Waals surface area contributed by atoms with Crippen molar-refractivity contribution in [3.63, 3.8) is 0 Å². The first-order chi connectivity index (χ1) is 29.3. The zero-order chi connectivity index (χ0) is 41.2. The van der Waals surface area contributed by atoms with Crippen LogP contribution in [0, 0.1) is 0 Å². The lowest BCUT2D eigenvalue weighted by molar-refractivity contribution is -0.134. The quantitative estimate of drug-likeness (QED) is 0.162. The van der Waals surface area contributed by atoms with Crippen LogP contribution in [-0.4, -0.2) is 120 Å². The van der Waals surface area contributed by atoms with Gasteiger partial charge in [-0.3, -0.25) is 24.6 Å². The molecule has 0 radical (unpaired) electrons. The van der Waals surface area contributed by atoms with E-state index >= 15 is 0 Å². The van der Waals surface area contributed by atoms with Crippen molar-refractivity contribution < 1.29 is 14.4 Å². The van der Waals surface area contributed by atoms with Crippen LogP contribution in [0.3, 0.4) is 0 Å². The molecule has 4 aliphatic rings. The summed E-state index contributed by atoms with van der Waals surface area (Å²) < 4.78 is 2.13. The molecule has 1 unspecified atom stereocenters. The molecular weight excluding hydrogens is 755 g/mol.